The van der Waals surface area contributed by atoms with E-state index in [4.69, 9.17) is 4.74 Å². The molecule has 1 aromatic heterocycles. The summed E-state index contributed by atoms with van der Waals surface area (Å²) in [7, 11) is 1.67. The van der Waals surface area contributed by atoms with Crippen molar-refractivity contribution in [1.29, 1.82) is 0 Å². The Bertz CT molecular complexity index is 951. The van der Waals surface area contributed by atoms with E-state index in [1.807, 2.05) is 31.2 Å². The minimum absolute atomic E-state index is 0.0464. The summed E-state index contributed by atoms with van der Waals surface area (Å²) in [5, 5.41) is 13.2. The topological polar surface area (TPSA) is 69.0 Å². The fourth-order valence-electron chi connectivity index (χ4n) is 6.69. The van der Waals surface area contributed by atoms with E-state index in [0.29, 0.717) is 0 Å². The third-order valence-corrected chi connectivity index (χ3v) is 8.96. The highest BCUT2D eigenvalue weighted by Gasteiger charge is 2.51. The zero-order valence-corrected chi connectivity index (χ0v) is 20.9. The average molecular weight is 469 g/mol. The van der Waals surface area contributed by atoms with Gasteiger partial charge in [0.15, 0.2) is 11.0 Å². The fourth-order valence-corrected chi connectivity index (χ4v) is 7.56. The van der Waals surface area contributed by atoms with E-state index in [0.717, 1.165) is 59.4 Å². The fraction of sp³-hybridized carbons (Fsp3) is 0.654. The molecule has 6 rings (SSSR count). The van der Waals surface area contributed by atoms with E-state index >= 15 is 0 Å². The molecule has 4 aliphatic carbocycles. The van der Waals surface area contributed by atoms with Gasteiger partial charge < -0.3 is 14.6 Å². The molecular weight excluding hydrogens is 432 g/mol. The second-order valence-electron chi connectivity index (χ2n) is 10.5. The molecule has 0 spiro atoms. The van der Waals surface area contributed by atoms with E-state index in [2.05, 4.69) is 27.0 Å². The zero-order valence-electron chi connectivity index (χ0n) is 20.0. The van der Waals surface area contributed by atoms with Crippen LogP contribution in [0.5, 0.6) is 5.75 Å². The highest BCUT2D eigenvalue weighted by molar-refractivity contribution is 8.00. The van der Waals surface area contributed by atoms with Gasteiger partial charge in [-0.2, -0.15) is 0 Å². The minimum Gasteiger partial charge on any atom is -0.497 e. The summed E-state index contributed by atoms with van der Waals surface area (Å²) >= 11 is 1.53. The van der Waals surface area contributed by atoms with Crippen molar-refractivity contribution in [3.05, 3.63) is 24.3 Å². The smallest absolute Gasteiger partial charge is 0.233 e. The summed E-state index contributed by atoms with van der Waals surface area (Å²) in [6, 6.07) is 7.93. The number of nitrogens with zero attached hydrogens (tertiary/aromatic N) is 3. The summed E-state index contributed by atoms with van der Waals surface area (Å²) < 4.78 is 7.46. The Morgan fingerprint density at radius 1 is 1.15 bits per heavy atom. The molecule has 0 radical (unpaired) electrons. The van der Waals surface area contributed by atoms with Crippen molar-refractivity contribution in [2.45, 2.75) is 87.7 Å². The van der Waals surface area contributed by atoms with Crippen LogP contribution in [0, 0.1) is 17.8 Å². The zero-order chi connectivity index (χ0) is 23.0. The van der Waals surface area contributed by atoms with E-state index in [1.54, 1.807) is 7.11 Å². The number of methoxy groups -OCH3 is 1. The van der Waals surface area contributed by atoms with Gasteiger partial charge in [-0.25, -0.2) is 0 Å². The van der Waals surface area contributed by atoms with Crippen molar-refractivity contribution in [1.82, 2.24) is 20.1 Å². The van der Waals surface area contributed by atoms with Gasteiger partial charge in [0.1, 0.15) is 5.75 Å². The molecule has 4 saturated carbocycles. The number of nitrogens with one attached hydrogen (secondary N) is 1. The Labute approximate surface area is 201 Å². The molecule has 4 aliphatic rings. The maximum absolute atomic E-state index is 13.3. The number of hydrogen-bond acceptors (Lipinski definition) is 5. The van der Waals surface area contributed by atoms with Crippen molar-refractivity contribution >= 4 is 17.7 Å². The van der Waals surface area contributed by atoms with Crippen molar-refractivity contribution < 1.29 is 9.53 Å². The first-order valence-electron chi connectivity index (χ1n) is 12.5. The van der Waals surface area contributed by atoms with Crippen LogP contribution in [0.4, 0.5) is 0 Å². The van der Waals surface area contributed by atoms with Crippen LogP contribution in [0.2, 0.25) is 0 Å². The Morgan fingerprint density at radius 3 is 2.36 bits per heavy atom. The maximum atomic E-state index is 13.3. The van der Waals surface area contributed by atoms with E-state index in [-0.39, 0.29) is 16.7 Å². The molecule has 7 heteroatoms. The lowest BCUT2D eigenvalue weighted by atomic mass is 9.53. The second-order valence-corrected chi connectivity index (χ2v) is 11.8. The van der Waals surface area contributed by atoms with Crippen LogP contribution >= 0.6 is 11.8 Å². The lowest BCUT2D eigenvalue weighted by Gasteiger charge is -2.57. The normalized spacial score (nSPS) is 28.6. The molecule has 1 heterocycles. The molecule has 2 aromatic rings. The van der Waals surface area contributed by atoms with Gasteiger partial charge in [0.2, 0.25) is 5.91 Å². The Hall–Kier alpha value is -2.02. The highest BCUT2D eigenvalue weighted by atomic mass is 32.2. The van der Waals surface area contributed by atoms with Gasteiger partial charge in [-0.05, 0) is 93.9 Å². The predicted octanol–water partition coefficient (Wildman–Crippen LogP) is 5.32. The van der Waals surface area contributed by atoms with Gasteiger partial charge >= 0.3 is 0 Å². The van der Waals surface area contributed by atoms with Gasteiger partial charge in [0.25, 0.3) is 0 Å². The lowest BCUT2D eigenvalue weighted by molar-refractivity contribution is -0.126. The quantitative estimate of drug-likeness (QED) is 0.505. The van der Waals surface area contributed by atoms with Gasteiger partial charge in [0.05, 0.1) is 12.4 Å². The number of hydrogen-bond donors (Lipinski definition) is 1. The molecule has 0 saturated heterocycles. The summed E-state index contributed by atoms with van der Waals surface area (Å²) in [5.74, 6) is 4.29. The van der Waals surface area contributed by atoms with E-state index < -0.39 is 0 Å². The average Bonchev–Trinajstić information content (AvgIpc) is 3.18. The molecule has 1 amide bonds. The van der Waals surface area contributed by atoms with Gasteiger partial charge in [-0.3, -0.25) is 4.79 Å². The number of rotatable bonds is 9. The Morgan fingerprint density at radius 2 is 1.79 bits per heavy atom. The monoisotopic (exact) mass is 468 g/mol. The van der Waals surface area contributed by atoms with Gasteiger partial charge in [-0.1, -0.05) is 25.1 Å². The van der Waals surface area contributed by atoms with Crippen LogP contribution in [0.1, 0.15) is 65.2 Å². The second kappa shape index (κ2) is 9.32. The van der Waals surface area contributed by atoms with Crippen LogP contribution < -0.4 is 10.1 Å². The summed E-state index contributed by atoms with van der Waals surface area (Å²) in [6.45, 7) is 5.04. The van der Waals surface area contributed by atoms with Crippen molar-refractivity contribution in [2.75, 3.05) is 7.11 Å². The van der Waals surface area contributed by atoms with Gasteiger partial charge in [-0.15, -0.1) is 10.2 Å². The number of carbonyl (C=O) groups excluding carboxylic acids is 1. The maximum Gasteiger partial charge on any atom is 0.233 e. The molecule has 0 aliphatic heterocycles. The van der Waals surface area contributed by atoms with Crippen LogP contribution in [-0.2, 0) is 11.3 Å². The summed E-state index contributed by atoms with van der Waals surface area (Å²) in [4.78, 5) is 13.3. The van der Waals surface area contributed by atoms with E-state index in [1.165, 1.54) is 50.3 Å². The molecule has 1 aromatic carbocycles. The minimum atomic E-state index is -0.203. The summed E-state index contributed by atoms with van der Waals surface area (Å²) in [5.41, 5.74) is 1.06. The molecule has 1 unspecified atom stereocenters. The largest absolute Gasteiger partial charge is 0.497 e. The van der Waals surface area contributed by atoms with Crippen molar-refractivity contribution in [2.24, 2.45) is 17.8 Å². The standard InChI is InChI=1S/C26H36N4O2S/c1-4-5-10-30-23(21-6-8-22(32-3)9-7-21)28-29-25(30)33-17(2)24(31)27-26-14-18-11-19(15-26)13-20(12-18)16-26/h6-9,17-20H,4-5,10-16H2,1-3H3,(H,27,31). The number of thioether (sulfide) groups is 1. The Kier molecular flexibility index (Phi) is 6.43. The van der Waals surface area contributed by atoms with Crippen LogP contribution in [0.3, 0.4) is 0 Å². The molecule has 6 nitrogen and oxygen atoms in total. The Balaban J connectivity index is 1.30. The first-order valence-corrected chi connectivity index (χ1v) is 13.4. The van der Waals surface area contributed by atoms with E-state index in [9.17, 15) is 4.79 Å². The number of carbonyl (C=O) groups is 1. The molecule has 1 N–H and O–H groups in total. The third kappa shape index (κ3) is 4.66. The summed E-state index contributed by atoms with van der Waals surface area (Å²) in [6.07, 6.45) is 9.81. The first kappa shape index (κ1) is 22.8. The number of benzene rings is 1. The molecule has 4 bridgehead atoms. The molecular formula is C26H36N4O2S. The van der Waals surface area contributed by atoms with Crippen molar-refractivity contribution in [3.8, 4) is 17.1 Å². The molecule has 1 atom stereocenters. The van der Waals surface area contributed by atoms with Crippen molar-refractivity contribution in [3.63, 3.8) is 0 Å². The van der Waals surface area contributed by atoms with Crippen LogP contribution in [0.15, 0.2) is 29.4 Å². The predicted molar refractivity (Wildman–Crippen MR) is 131 cm³/mol. The number of unbranched alkanes of at least 4 members (excludes halogenated alkanes) is 1. The van der Waals surface area contributed by atoms with Gasteiger partial charge in [0, 0.05) is 17.6 Å². The highest BCUT2D eigenvalue weighted by Crippen LogP contribution is 2.55. The SMILES string of the molecule is CCCCn1c(SC(C)C(=O)NC23CC4CC(CC(C4)C2)C3)nnc1-c1ccc(OC)cc1. The number of amides is 1. The molecule has 178 valence electrons. The molecule has 33 heavy (non-hydrogen) atoms. The van der Waals surface area contributed by atoms with Crippen LogP contribution in [0.25, 0.3) is 11.4 Å². The number of aromatic nitrogens is 3. The first-order chi connectivity index (χ1) is 16.0. The number of ether oxygens (including phenoxy) is 1. The van der Waals surface area contributed by atoms with Crippen LogP contribution in [-0.4, -0.2) is 38.6 Å². The third-order valence-electron chi connectivity index (χ3n) is 7.88. The molecule has 4 fully saturated rings. The lowest BCUT2D eigenvalue weighted by Crippen LogP contribution is -2.60.